The number of likely N-dealkylation sites (tertiary alicyclic amines) is 1. The molecule has 5 rings (SSSR count). The van der Waals surface area contributed by atoms with Crippen molar-refractivity contribution < 1.29 is 38.1 Å². The van der Waals surface area contributed by atoms with Gasteiger partial charge in [0.15, 0.2) is 11.6 Å². The molecule has 0 bridgehead atoms. The maximum Gasteiger partial charge on any atom is 0.335 e. The van der Waals surface area contributed by atoms with Crippen LogP contribution in [0.15, 0.2) is 53.7 Å². The summed E-state index contributed by atoms with van der Waals surface area (Å²) >= 11 is 0. The lowest BCUT2D eigenvalue weighted by Gasteiger charge is -2.42. The molecule has 0 aromatic heterocycles. The Morgan fingerprint density at radius 3 is 2.52 bits per heavy atom. The smallest absolute Gasteiger partial charge is 0.335 e. The van der Waals surface area contributed by atoms with Gasteiger partial charge in [0.2, 0.25) is 0 Å². The van der Waals surface area contributed by atoms with Gasteiger partial charge >= 0.3 is 18.0 Å². The van der Waals surface area contributed by atoms with E-state index in [1.54, 1.807) is 24.3 Å². The van der Waals surface area contributed by atoms with Gasteiger partial charge in [-0.2, -0.15) is 5.26 Å². The second kappa shape index (κ2) is 13.0. The number of carbonyl (C=O) groups is 3. The third kappa shape index (κ3) is 5.81. The molecule has 4 amide bonds. The van der Waals surface area contributed by atoms with Gasteiger partial charge in [-0.15, -0.1) is 0 Å². The Morgan fingerprint density at radius 2 is 1.86 bits per heavy atom. The number of hydrogen-bond donors (Lipinski definition) is 4. The lowest BCUT2D eigenvalue weighted by molar-refractivity contribution is -0.133. The number of aliphatic hydroxyl groups is 1. The molecule has 0 saturated carbocycles. The zero-order valence-electron chi connectivity index (χ0n) is 23.9. The molecule has 44 heavy (non-hydrogen) atoms. The summed E-state index contributed by atoms with van der Waals surface area (Å²) in [5.41, 5.74) is 0.262. The SMILES string of the molecule is COCC1=C(C(=O)O)C(c2ccc(F)c(F)c2)N(C(=O)N2CC(O)C(N(c3ccccc3C#N)C3CCNCC3)C2)C(=O)N1. The number of β-amino-alcohol motifs (C(OH)–C–C–N with tert-alkyl or cyclic N) is 1. The number of carboxylic acids is 1. The first-order valence-corrected chi connectivity index (χ1v) is 14.1. The number of anilines is 1. The Kier molecular flexibility index (Phi) is 9.09. The van der Waals surface area contributed by atoms with E-state index in [1.807, 2.05) is 4.90 Å². The fourth-order valence-corrected chi connectivity index (χ4v) is 6.24. The number of carbonyl (C=O) groups excluding carboxylic acids is 2. The Hall–Kier alpha value is -4.58. The molecule has 3 aliphatic heterocycles. The molecule has 2 aromatic rings. The molecule has 3 unspecified atom stereocenters. The van der Waals surface area contributed by atoms with Crippen molar-refractivity contribution in [2.45, 2.75) is 37.1 Å². The molecule has 232 valence electrons. The number of methoxy groups -OCH3 is 1. The molecule has 12 nitrogen and oxygen atoms in total. The number of nitriles is 1. The van der Waals surface area contributed by atoms with Gasteiger partial charge in [0.05, 0.1) is 47.8 Å². The third-order valence-electron chi connectivity index (χ3n) is 8.21. The molecular formula is C30H32F2N6O6. The minimum absolute atomic E-state index is 0.0605. The zero-order valence-corrected chi connectivity index (χ0v) is 23.9. The maximum absolute atomic E-state index is 14.4. The van der Waals surface area contributed by atoms with Crippen molar-refractivity contribution in [2.24, 2.45) is 0 Å². The first-order valence-electron chi connectivity index (χ1n) is 14.1. The summed E-state index contributed by atoms with van der Waals surface area (Å²) < 4.78 is 33.3. The summed E-state index contributed by atoms with van der Waals surface area (Å²) in [5.74, 6) is -3.98. The van der Waals surface area contributed by atoms with Gasteiger partial charge in [0, 0.05) is 19.7 Å². The van der Waals surface area contributed by atoms with Crippen LogP contribution in [0, 0.1) is 23.0 Å². The van der Waals surface area contributed by atoms with E-state index in [0.717, 1.165) is 44.1 Å². The number of aliphatic carboxylic acids is 1. The summed E-state index contributed by atoms with van der Waals surface area (Å²) in [6.07, 6.45) is 0.353. The molecule has 0 spiro atoms. The van der Waals surface area contributed by atoms with Crippen LogP contribution in [-0.4, -0.2) is 96.1 Å². The van der Waals surface area contributed by atoms with Gasteiger partial charge in [0.25, 0.3) is 0 Å². The number of ether oxygens (including phenoxy) is 1. The normalized spacial score (nSPS) is 22.5. The number of benzene rings is 2. The molecule has 0 radical (unpaired) electrons. The molecule has 2 saturated heterocycles. The van der Waals surface area contributed by atoms with Crippen molar-refractivity contribution in [3.8, 4) is 6.07 Å². The number of nitrogens with zero attached hydrogens (tertiary/aromatic N) is 4. The van der Waals surface area contributed by atoms with E-state index < -0.39 is 53.4 Å². The highest BCUT2D eigenvalue weighted by atomic mass is 19.2. The van der Waals surface area contributed by atoms with Gasteiger partial charge in [-0.05, 0) is 55.8 Å². The summed E-state index contributed by atoms with van der Waals surface area (Å²) in [6.45, 7) is 0.849. The van der Waals surface area contributed by atoms with E-state index >= 15 is 0 Å². The number of carboxylic acid groups (broad SMARTS) is 1. The summed E-state index contributed by atoms with van der Waals surface area (Å²) in [7, 11) is 1.28. The second-order valence-electron chi connectivity index (χ2n) is 10.8. The van der Waals surface area contributed by atoms with Crippen LogP contribution in [0.5, 0.6) is 0 Å². The Morgan fingerprint density at radius 1 is 1.14 bits per heavy atom. The van der Waals surface area contributed by atoms with Crippen LogP contribution >= 0.6 is 0 Å². The van der Waals surface area contributed by atoms with Crippen molar-refractivity contribution in [3.05, 3.63) is 76.5 Å². The van der Waals surface area contributed by atoms with E-state index in [9.17, 15) is 38.6 Å². The van der Waals surface area contributed by atoms with E-state index in [0.29, 0.717) is 16.2 Å². The number of para-hydroxylation sites is 1. The first kappa shape index (κ1) is 30.9. The van der Waals surface area contributed by atoms with Crippen molar-refractivity contribution >= 4 is 23.7 Å². The van der Waals surface area contributed by atoms with Crippen LogP contribution < -0.4 is 15.5 Å². The number of halogens is 2. The predicted molar refractivity (Wildman–Crippen MR) is 152 cm³/mol. The third-order valence-corrected chi connectivity index (χ3v) is 8.21. The summed E-state index contributed by atoms with van der Waals surface area (Å²) in [4.78, 5) is 43.9. The van der Waals surface area contributed by atoms with Gasteiger partial charge in [-0.25, -0.2) is 28.1 Å². The van der Waals surface area contributed by atoms with Crippen LogP contribution in [-0.2, 0) is 9.53 Å². The van der Waals surface area contributed by atoms with Crippen LogP contribution in [0.25, 0.3) is 0 Å². The molecule has 3 aliphatic rings. The van der Waals surface area contributed by atoms with Gasteiger partial charge in [-0.1, -0.05) is 18.2 Å². The topological polar surface area (TPSA) is 158 Å². The predicted octanol–water partition coefficient (Wildman–Crippen LogP) is 2.31. The first-order chi connectivity index (χ1) is 21.2. The zero-order chi connectivity index (χ0) is 31.5. The summed E-state index contributed by atoms with van der Waals surface area (Å²) in [6, 6.07) is 7.53. The highest BCUT2D eigenvalue weighted by Crippen LogP contribution is 2.37. The van der Waals surface area contributed by atoms with Crippen molar-refractivity contribution in [2.75, 3.05) is 44.8 Å². The molecular weight excluding hydrogens is 578 g/mol. The number of amides is 4. The summed E-state index contributed by atoms with van der Waals surface area (Å²) in [5, 5.41) is 37.0. The molecule has 3 atom stereocenters. The fraction of sp³-hybridized carbons (Fsp3) is 0.400. The van der Waals surface area contributed by atoms with E-state index in [2.05, 4.69) is 16.7 Å². The van der Waals surface area contributed by atoms with Crippen molar-refractivity contribution in [3.63, 3.8) is 0 Å². The molecule has 0 aliphatic carbocycles. The number of rotatable bonds is 7. The Labute approximate surface area is 252 Å². The molecule has 14 heteroatoms. The van der Waals surface area contributed by atoms with Gasteiger partial charge in [0.1, 0.15) is 12.1 Å². The number of piperidine rings is 1. The van der Waals surface area contributed by atoms with Crippen LogP contribution in [0.2, 0.25) is 0 Å². The van der Waals surface area contributed by atoms with E-state index in [1.165, 1.54) is 12.0 Å². The number of aliphatic hydroxyl groups excluding tert-OH is 1. The van der Waals surface area contributed by atoms with Crippen molar-refractivity contribution in [1.82, 2.24) is 20.4 Å². The van der Waals surface area contributed by atoms with Crippen LogP contribution in [0.4, 0.5) is 24.1 Å². The highest BCUT2D eigenvalue weighted by molar-refractivity contribution is 6.01. The van der Waals surface area contributed by atoms with Crippen LogP contribution in [0.1, 0.15) is 30.0 Å². The minimum atomic E-state index is -1.63. The minimum Gasteiger partial charge on any atom is -0.478 e. The Bertz CT molecular complexity index is 1520. The van der Waals surface area contributed by atoms with Gasteiger partial charge < -0.3 is 35.4 Å². The fourth-order valence-electron chi connectivity index (χ4n) is 6.24. The molecule has 4 N–H and O–H groups in total. The van der Waals surface area contributed by atoms with Gasteiger partial charge in [-0.3, -0.25) is 0 Å². The average molecular weight is 611 g/mol. The second-order valence-corrected chi connectivity index (χ2v) is 10.8. The lowest BCUT2D eigenvalue weighted by Crippen LogP contribution is -2.56. The van der Waals surface area contributed by atoms with E-state index in [-0.39, 0.29) is 37.0 Å². The standard InChI is InChI=1S/C30H32F2N6O6/c1-44-16-22-26(28(40)41)27(17-6-7-20(31)21(32)12-17)38(29(42)35-22)30(43)36-14-24(25(39)15-36)37(19-8-10-34-11-9-19)23-5-3-2-4-18(23)13-33/h2-7,12,19,24-25,27,34,39H,8-11,14-16H2,1H3,(H,35,42)(H,40,41). The molecule has 2 aromatic carbocycles. The quantitative estimate of drug-likeness (QED) is 0.369. The average Bonchev–Trinajstić information content (AvgIpc) is 3.39. The number of imide groups is 1. The largest absolute Gasteiger partial charge is 0.478 e. The van der Waals surface area contributed by atoms with Crippen molar-refractivity contribution in [1.29, 1.82) is 5.26 Å². The molecule has 2 fully saturated rings. The highest BCUT2D eigenvalue weighted by Gasteiger charge is 2.48. The number of nitrogens with one attached hydrogen (secondary N) is 2. The van der Waals surface area contributed by atoms with Crippen LogP contribution in [0.3, 0.4) is 0 Å². The maximum atomic E-state index is 14.4. The number of hydrogen-bond acceptors (Lipinski definition) is 8. The lowest BCUT2D eigenvalue weighted by atomic mass is 9.93. The van der Waals surface area contributed by atoms with E-state index in [4.69, 9.17) is 4.74 Å². The Balaban J connectivity index is 1.53. The number of urea groups is 2. The molecule has 3 heterocycles. The monoisotopic (exact) mass is 610 g/mol.